The zero-order valence-corrected chi connectivity index (χ0v) is 10.6. The van der Waals surface area contributed by atoms with Crippen LogP contribution in [-0.4, -0.2) is 19.3 Å². The standard InChI is InChI=1S/C12H11N5S/c1-8-10-11(15-7-16-12(10)18-17-8)14-6-9-2-4-13-5-3-9/h2-5,7H,6H2,1H3,(H,14,15,16). The molecule has 3 heterocycles. The minimum Gasteiger partial charge on any atom is -0.365 e. The predicted molar refractivity (Wildman–Crippen MR) is 71.5 cm³/mol. The fourth-order valence-electron chi connectivity index (χ4n) is 1.74. The Morgan fingerprint density at radius 2 is 2.06 bits per heavy atom. The van der Waals surface area contributed by atoms with Gasteiger partial charge < -0.3 is 5.32 Å². The maximum absolute atomic E-state index is 4.30. The zero-order valence-electron chi connectivity index (χ0n) is 9.79. The van der Waals surface area contributed by atoms with Crippen LogP contribution in [0.5, 0.6) is 0 Å². The molecule has 5 nitrogen and oxygen atoms in total. The molecule has 3 aromatic rings. The van der Waals surface area contributed by atoms with Crippen molar-refractivity contribution in [1.29, 1.82) is 0 Å². The highest BCUT2D eigenvalue weighted by molar-refractivity contribution is 7.13. The van der Waals surface area contributed by atoms with Gasteiger partial charge in [0.15, 0.2) is 0 Å². The molecule has 0 saturated carbocycles. The highest BCUT2D eigenvalue weighted by Gasteiger charge is 2.09. The van der Waals surface area contributed by atoms with Gasteiger partial charge in [-0.25, -0.2) is 9.97 Å². The van der Waals surface area contributed by atoms with E-state index in [1.54, 1.807) is 18.7 Å². The van der Waals surface area contributed by atoms with Crippen LogP contribution < -0.4 is 5.32 Å². The van der Waals surface area contributed by atoms with Crippen LogP contribution in [-0.2, 0) is 6.54 Å². The van der Waals surface area contributed by atoms with Crippen LogP contribution in [0.2, 0.25) is 0 Å². The molecule has 3 rings (SSSR count). The van der Waals surface area contributed by atoms with E-state index in [0.717, 1.165) is 27.3 Å². The van der Waals surface area contributed by atoms with Crippen LogP contribution in [0, 0.1) is 6.92 Å². The number of aromatic nitrogens is 4. The molecule has 3 aromatic heterocycles. The van der Waals surface area contributed by atoms with Crippen molar-refractivity contribution < 1.29 is 0 Å². The Hall–Kier alpha value is -2.08. The summed E-state index contributed by atoms with van der Waals surface area (Å²) in [7, 11) is 0. The Bertz CT molecular complexity index is 665. The number of nitrogens with one attached hydrogen (secondary N) is 1. The van der Waals surface area contributed by atoms with Crippen LogP contribution in [0.15, 0.2) is 30.9 Å². The normalized spacial score (nSPS) is 10.7. The Morgan fingerprint density at radius 3 is 2.89 bits per heavy atom. The summed E-state index contributed by atoms with van der Waals surface area (Å²) in [6, 6.07) is 3.95. The number of nitrogens with zero attached hydrogens (tertiary/aromatic N) is 4. The fourth-order valence-corrected chi connectivity index (χ4v) is 2.49. The minimum absolute atomic E-state index is 0.712. The van der Waals surface area contributed by atoms with Crippen molar-refractivity contribution >= 4 is 27.6 Å². The molecule has 0 aliphatic heterocycles. The molecule has 0 saturated heterocycles. The molecule has 0 aliphatic carbocycles. The first-order valence-electron chi connectivity index (χ1n) is 5.54. The maximum Gasteiger partial charge on any atom is 0.149 e. The summed E-state index contributed by atoms with van der Waals surface area (Å²) in [4.78, 5) is 13.4. The fraction of sp³-hybridized carbons (Fsp3) is 0.167. The molecule has 1 N–H and O–H groups in total. The molecule has 0 aliphatic rings. The number of pyridine rings is 1. The van der Waals surface area contributed by atoms with Gasteiger partial charge in [-0.2, -0.15) is 4.37 Å². The van der Waals surface area contributed by atoms with Crippen molar-refractivity contribution in [3.8, 4) is 0 Å². The van der Waals surface area contributed by atoms with E-state index in [-0.39, 0.29) is 0 Å². The first-order chi connectivity index (χ1) is 8.84. The number of rotatable bonds is 3. The third kappa shape index (κ3) is 2.02. The Balaban J connectivity index is 1.89. The predicted octanol–water partition coefficient (Wildman–Crippen LogP) is 2.40. The largest absolute Gasteiger partial charge is 0.365 e. The van der Waals surface area contributed by atoms with Crippen molar-refractivity contribution in [2.45, 2.75) is 13.5 Å². The van der Waals surface area contributed by atoms with Crippen LogP contribution in [0.4, 0.5) is 5.82 Å². The summed E-state index contributed by atoms with van der Waals surface area (Å²) in [6.45, 7) is 2.68. The van der Waals surface area contributed by atoms with E-state index in [9.17, 15) is 0 Å². The lowest BCUT2D eigenvalue weighted by Crippen LogP contribution is -2.02. The van der Waals surface area contributed by atoms with Crippen molar-refractivity contribution in [2.24, 2.45) is 0 Å². The minimum atomic E-state index is 0.712. The van der Waals surface area contributed by atoms with Gasteiger partial charge in [0.2, 0.25) is 0 Å². The summed E-state index contributed by atoms with van der Waals surface area (Å²) < 4.78 is 4.30. The topological polar surface area (TPSA) is 63.6 Å². The highest BCUT2D eigenvalue weighted by Crippen LogP contribution is 2.25. The molecule has 0 atom stereocenters. The number of hydrogen-bond donors (Lipinski definition) is 1. The maximum atomic E-state index is 4.30. The van der Waals surface area contributed by atoms with Gasteiger partial charge in [-0.05, 0) is 36.2 Å². The van der Waals surface area contributed by atoms with E-state index < -0.39 is 0 Å². The summed E-state index contributed by atoms with van der Waals surface area (Å²) >= 11 is 1.40. The molecule has 0 radical (unpaired) electrons. The summed E-state index contributed by atoms with van der Waals surface area (Å²) in [5, 5.41) is 4.33. The van der Waals surface area contributed by atoms with E-state index >= 15 is 0 Å². The lowest BCUT2D eigenvalue weighted by molar-refractivity contribution is 1.09. The second kappa shape index (κ2) is 4.66. The van der Waals surface area contributed by atoms with E-state index in [1.807, 2.05) is 19.1 Å². The molecule has 0 aromatic carbocycles. The Labute approximate surface area is 108 Å². The number of hydrogen-bond acceptors (Lipinski definition) is 6. The van der Waals surface area contributed by atoms with Gasteiger partial charge in [0, 0.05) is 18.9 Å². The molecular formula is C12H11N5S. The number of fused-ring (bicyclic) bond motifs is 1. The second-order valence-corrected chi connectivity index (χ2v) is 4.63. The first kappa shape index (κ1) is 11.0. The number of aryl methyl sites for hydroxylation is 1. The molecule has 0 bridgehead atoms. The monoisotopic (exact) mass is 257 g/mol. The van der Waals surface area contributed by atoms with Gasteiger partial charge in [0.1, 0.15) is 17.0 Å². The third-order valence-electron chi connectivity index (χ3n) is 2.65. The molecule has 0 unspecified atom stereocenters. The van der Waals surface area contributed by atoms with Crippen molar-refractivity contribution in [1.82, 2.24) is 19.3 Å². The molecular weight excluding hydrogens is 246 g/mol. The molecule has 90 valence electrons. The summed E-state index contributed by atoms with van der Waals surface area (Å²) in [5.74, 6) is 0.836. The Kier molecular flexibility index (Phi) is 2.85. The molecule has 6 heteroatoms. The molecule has 0 spiro atoms. The average molecular weight is 257 g/mol. The highest BCUT2D eigenvalue weighted by atomic mass is 32.1. The Morgan fingerprint density at radius 1 is 1.22 bits per heavy atom. The van der Waals surface area contributed by atoms with E-state index in [2.05, 4.69) is 24.6 Å². The summed E-state index contributed by atoms with van der Waals surface area (Å²) in [6.07, 6.45) is 5.13. The molecule has 18 heavy (non-hydrogen) atoms. The first-order valence-corrected chi connectivity index (χ1v) is 6.31. The summed E-state index contributed by atoms with van der Waals surface area (Å²) in [5.41, 5.74) is 2.13. The van der Waals surface area contributed by atoms with Crippen molar-refractivity contribution in [2.75, 3.05) is 5.32 Å². The van der Waals surface area contributed by atoms with E-state index in [4.69, 9.17) is 0 Å². The van der Waals surface area contributed by atoms with E-state index in [1.165, 1.54) is 11.5 Å². The number of anilines is 1. The van der Waals surface area contributed by atoms with Crippen LogP contribution in [0.25, 0.3) is 10.2 Å². The quantitative estimate of drug-likeness (QED) is 0.780. The van der Waals surface area contributed by atoms with Gasteiger partial charge in [-0.15, -0.1) is 0 Å². The van der Waals surface area contributed by atoms with Crippen molar-refractivity contribution in [3.05, 3.63) is 42.1 Å². The third-order valence-corrected chi connectivity index (χ3v) is 3.50. The van der Waals surface area contributed by atoms with Crippen LogP contribution >= 0.6 is 11.5 Å². The second-order valence-electron chi connectivity index (χ2n) is 3.88. The van der Waals surface area contributed by atoms with Gasteiger partial charge in [-0.1, -0.05) is 0 Å². The molecule has 0 fully saturated rings. The van der Waals surface area contributed by atoms with E-state index in [0.29, 0.717) is 6.54 Å². The van der Waals surface area contributed by atoms with Gasteiger partial charge >= 0.3 is 0 Å². The average Bonchev–Trinajstić information content (AvgIpc) is 2.80. The van der Waals surface area contributed by atoms with Gasteiger partial charge in [0.05, 0.1) is 11.1 Å². The van der Waals surface area contributed by atoms with Crippen molar-refractivity contribution in [3.63, 3.8) is 0 Å². The van der Waals surface area contributed by atoms with Crippen LogP contribution in [0.1, 0.15) is 11.3 Å². The lowest BCUT2D eigenvalue weighted by atomic mass is 10.2. The van der Waals surface area contributed by atoms with Gasteiger partial charge in [-0.3, -0.25) is 4.98 Å². The zero-order chi connectivity index (χ0) is 12.4. The van der Waals surface area contributed by atoms with Gasteiger partial charge in [0.25, 0.3) is 0 Å². The lowest BCUT2D eigenvalue weighted by Gasteiger charge is -2.06. The molecule has 0 amide bonds. The SMILES string of the molecule is Cc1nsc2ncnc(NCc3ccncc3)c12. The smallest absolute Gasteiger partial charge is 0.149 e. The van der Waals surface area contributed by atoms with Crippen LogP contribution in [0.3, 0.4) is 0 Å².